The van der Waals surface area contributed by atoms with Gasteiger partial charge >= 0.3 is 0 Å². The van der Waals surface area contributed by atoms with Crippen molar-refractivity contribution < 1.29 is 27.5 Å². The third-order valence-electron chi connectivity index (χ3n) is 8.79. The van der Waals surface area contributed by atoms with Crippen LogP contribution in [0.4, 0.5) is 5.69 Å². The van der Waals surface area contributed by atoms with Crippen LogP contribution < -0.4 is 19.1 Å². The summed E-state index contributed by atoms with van der Waals surface area (Å²) >= 11 is 6.61. The number of ether oxygens (including phenoxy) is 2. The highest BCUT2D eigenvalue weighted by molar-refractivity contribution is 7.92. The molecule has 0 heterocycles. The van der Waals surface area contributed by atoms with Gasteiger partial charge in [0.05, 0.1) is 24.8 Å². The van der Waals surface area contributed by atoms with Crippen LogP contribution in [0.2, 0.25) is 5.02 Å². The van der Waals surface area contributed by atoms with Gasteiger partial charge in [0.15, 0.2) is 11.5 Å². The number of para-hydroxylation sites is 1. The molecule has 1 N–H and O–H groups in total. The van der Waals surface area contributed by atoms with E-state index in [0.717, 1.165) is 42.0 Å². The van der Waals surface area contributed by atoms with Gasteiger partial charge in [0.25, 0.3) is 10.0 Å². The van der Waals surface area contributed by atoms with Gasteiger partial charge in [-0.2, -0.15) is 0 Å². The first kappa shape index (κ1) is 35.8. The normalized spacial score (nSPS) is 14.0. The van der Waals surface area contributed by atoms with Gasteiger partial charge in [0, 0.05) is 30.1 Å². The van der Waals surface area contributed by atoms with Crippen LogP contribution in [0.15, 0.2) is 108 Å². The molecule has 11 heteroatoms. The molecular formula is C38H42ClN3O6S. The average molecular weight is 704 g/mol. The summed E-state index contributed by atoms with van der Waals surface area (Å²) in [6, 6.07) is 28.4. The summed E-state index contributed by atoms with van der Waals surface area (Å²) < 4.78 is 40.5. The van der Waals surface area contributed by atoms with Crippen molar-refractivity contribution in [3.05, 3.63) is 119 Å². The molecule has 9 nitrogen and oxygen atoms in total. The topological polar surface area (TPSA) is 105 Å². The molecule has 0 saturated heterocycles. The molecule has 258 valence electrons. The molecule has 4 aromatic rings. The van der Waals surface area contributed by atoms with Gasteiger partial charge in [-0.1, -0.05) is 97.6 Å². The molecule has 0 bridgehead atoms. The van der Waals surface area contributed by atoms with Crippen molar-refractivity contribution in [2.45, 2.75) is 62.0 Å². The molecule has 1 saturated carbocycles. The van der Waals surface area contributed by atoms with Crippen molar-refractivity contribution in [1.82, 2.24) is 10.2 Å². The Morgan fingerprint density at radius 2 is 1.47 bits per heavy atom. The van der Waals surface area contributed by atoms with E-state index < -0.39 is 28.5 Å². The monoisotopic (exact) mass is 703 g/mol. The van der Waals surface area contributed by atoms with E-state index >= 15 is 0 Å². The van der Waals surface area contributed by atoms with Gasteiger partial charge < -0.3 is 19.7 Å². The fourth-order valence-electron chi connectivity index (χ4n) is 6.14. The number of anilines is 1. The minimum Gasteiger partial charge on any atom is -0.493 e. The Kier molecular flexibility index (Phi) is 12.2. The van der Waals surface area contributed by atoms with Crippen molar-refractivity contribution >= 4 is 39.1 Å². The second-order valence-corrected chi connectivity index (χ2v) is 14.3. The minimum absolute atomic E-state index is 0.00281. The van der Waals surface area contributed by atoms with E-state index in [-0.39, 0.29) is 41.2 Å². The first-order chi connectivity index (χ1) is 23.7. The molecule has 2 amide bonds. The Balaban J connectivity index is 1.57. The average Bonchev–Trinajstić information content (AvgIpc) is 3.13. The second-order valence-electron chi connectivity index (χ2n) is 12.0. The molecule has 1 atom stereocenters. The summed E-state index contributed by atoms with van der Waals surface area (Å²) in [4.78, 5) is 30.3. The number of halogens is 1. The van der Waals surface area contributed by atoms with Crippen molar-refractivity contribution in [2.24, 2.45) is 0 Å². The van der Waals surface area contributed by atoms with Gasteiger partial charge in [-0.3, -0.25) is 13.9 Å². The first-order valence-electron chi connectivity index (χ1n) is 16.4. The smallest absolute Gasteiger partial charge is 0.264 e. The lowest BCUT2D eigenvalue weighted by atomic mass is 9.94. The molecule has 0 radical (unpaired) electrons. The second kappa shape index (κ2) is 16.7. The molecular weight excluding hydrogens is 662 g/mol. The summed E-state index contributed by atoms with van der Waals surface area (Å²) in [5.41, 5.74) is 1.78. The first-order valence-corrected chi connectivity index (χ1v) is 18.2. The van der Waals surface area contributed by atoms with Crippen molar-refractivity contribution in [3.63, 3.8) is 0 Å². The van der Waals surface area contributed by atoms with Gasteiger partial charge in [0.1, 0.15) is 12.6 Å². The Morgan fingerprint density at radius 3 is 2.12 bits per heavy atom. The number of carbonyl (C=O) groups is 2. The number of sulfonamides is 1. The highest BCUT2D eigenvalue weighted by atomic mass is 35.5. The predicted molar refractivity (Wildman–Crippen MR) is 191 cm³/mol. The van der Waals surface area contributed by atoms with E-state index in [9.17, 15) is 18.0 Å². The zero-order valence-corrected chi connectivity index (χ0v) is 29.3. The van der Waals surface area contributed by atoms with Crippen LogP contribution in [-0.4, -0.2) is 58.0 Å². The molecule has 1 fully saturated rings. The predicted octanol–water partition coefficient (Wildman–Crippen LogP) is 6.64. The zero-order chi connectivity index (χ0) is 34.8. The zero-order valence-electron chi connectivity index (χ0n) is 27.8. The van der Waals surface area contributed by atoms with E-state index in [4.69, 9.17) is 21.1 Å². The lowest BCUT2D eigenvalue weighted by Crippen LogP contribution is -2.55. The molecule has 5 rings (SSSR count). The number of benzene rings is 4. The van der Waals surface area contributed by atoms with Crippen molar-refractivity contribution in [3.8, 4) is 11.5 Å². The van der Waals surface area contributed by atoms with Gasteiger partial charge in [-0.05, 0) is 54.3 Å². The van der Waals surface area contributed by atoms with Crippen LogP contribution in [0, 0.1) is 0 Å². The molecule has 0 unspecified atom stereocenters. The number of methoxy groups -OCH3 is 2. The van der Waals surface area contributed by atoms with Crippen LogP contribution >= 0.6 is 11.6 Å². The largest absolute Gasteiger partial charge is 0.493 e. The number of nitrogens with zero attached hydrogens (tertiary/aromatic N) is 2. The minimum atomic E-state index is -4.33. The van der Waals surface area contributed by atoms with E-state index in [1.165, 1.54) is 37.3 Å². The standard InChI is InChI=1S/C38H42ClN3O6S/c1-47-35-23-22-32(25-36(35)48-2)49(45,46)42(31-19-10-5-11-20-31)27-37(43)41(26-29-16-12-13-21-33(29)39)34(24-28-14-6-3-7-15-28)38(44)40-30-17-8-4-9-18-30/h3,5-7,10-16,19-23,25,30,34H,4,8-9,17-18,24,26-27H2,1-2H3,(H,40,44)/t34-/m0/s1. The van der Waals surface area contributed by atoms with Gasteiger partial charge in [-0.15, -0.1) is 0 Å². The maximum absolute atomic E-state index is 14.7. The van der Waals surface area contributed by atoms with E-state index in [0.29, 0.717) is 16.3 Å². The highest BCUT2D eigenvalue weighted by Crippen LogP contribution is 2.32. The summed E-state index contributed by atoms with van der Waals surface area (Å²) in [5.74, 6) is -0.259. The number of nitrogens with one attached hydrogen (secondary N) is 1. The lowest BCUT2D eigenvalue weighted by Gasteiger charge is -2.35. The van der Waals surface area contributed by atoms with Crippen molar-refractivity contribution in [2.75, 3.05) is 25.1 Å². The molecule has 1 aliphatic rings. The Morgan fingerprint density at radius 1 is 0.837 bits per heavy atom. The molecule has 1 aliphatic carbocycles. The SMILES string of the molecule is COc1ccc(S(=O)(=O)N(CC(=O)N(Cc2ccccc2Cl)[C@@H](Cc2ccccc2)C(=O)NC2CCCCC2)c2ccccc2)cc1OC. The number of rotatable bonds is 14. The third kappa shape index (κ3) is 8.93. The molecule has 49 heavy (non-hydrogen) atoms. The summed E-state index contributed by atoms with van der Waals surface area (Å²) in [5, 5.41) is 3.65. The molecule has 4 aromatic carbocycles. The fourth-order valence-corrected chi connectivity index (χ4v) is 7.76. The van der Waals surface area contributed by atoms with E-state index in [1.54, 1.807) is 48.5 Å². The van der Waals surface area contributed by atoms with Crippen LogP contribution in [-0.2, 0) is 32.6 Å². The van der Waals surface area contributed by atoms with Crippen LogP contribution in [0.1, 0.15) is 43.2 Å². The Labute approximate surface area is 293 Å². The van der Waals surface area contributed by atoms with Crippen molar-refractivity contribution in [1.29, 1.82) is 0 Å². The number of hydrogen-bond acceptors (Lipinski definition) is 6. The maximum Gasteiger partial charge on any atom is 0.264 e. The van der Waals surface area contributed by atoms with Crippen LogP contribution in [0.25, 0.3) is 0 Å². The van der Waals surface area contributed by atoms with Gasteiger partial charge in [-0.25, -0.2) is 8.42 Å². The number of carbonyl (C=O) groups excluding carboxylic acids is 2. The fraction of sp³-hybridized carbons (Fsp3) is 0.316. The molecule has 0 aliphatic heterocycles. The Bertz CT molecular complexity index is 1820. The third-order valence-corrected chi connectivity index (χ3v) is 10.9. The van der Waals surface area contributed by atoms with E-state index in [2.05, 4.69) is 5.32 Å². The summed E-state index contributed by atoms with van der Waals surface area (Å²) in [6.07, 6.45) is 5.14. The Hall–Kier alpha value is -4.54. The van der Waals surface area contributed by atoms with E-state index in [1.807, 2.05) is 36.4 Å². The quantitative estimate of drug-likeness (QED) is 0.158. The highest BCUT2D eigenvalue weighted by Gasteiger charge is 2.36. The lowest BCUT2D eigenvalue weighted by molar-refractivity contribution is -0.140. The number of hydrogen-bond donors (Lipinski definition) is 1. The molecule has 0 aromatic heterocycles. The summed E-state index contributed by atoms with van der Waals surface area (Å²) in [7, 11) is -1.44. The molecule has 0 spiro atoms. The van der Waals surface area contributed by atoms with Crippen LogP contribution in [0.3, 0.4) is 0 Å². The summed E-state index contributed by atoms with van der Waals surface area (Å²) in [6.45, 7) is -0.583. The number of amides is 2. The van der Waals surface area contributed by atoms with Gasteiger partial charge in [0.2, 0.25) is 11.8 Å². The van der Waals surface area contributed by atoms with Crippen LogP contribution in [0.5, 0.6) is 11.5 Å². The maximum atomic E-state index is 14.7.